The molecule has 0 aliphatic carbocycles. The second kappa shape index (κ2) is 8.10. The van der Waals surface area contributed by atoms with Gasteiger partial charge in [-0.15, -0.1) is 0 Å². The molecule has 2 aliphatic heterocycles. The van der Waals surface area contributed by atoms with Gasteiger partial charge in [0.2, 0.25) is 0 Å². The van der Waals surface area contributed by atoms with Gasteiger partial charge < -0.3 is 9.64 Å². The van der Waals surface area contributed by atoms with E-state index >= 15 is 0 Å². The number of fused-ring (bicyclic) bond motifs is 1. The number of carbonyl (C=O) groups excluding carboxylic acids is 4. The minimum Gasteiger partial charge on any atom is -0.445 e. The van der Waals surface area contributed by atoms with Gasteiger partial charge in [-0.05, 0) is 17.7 Å². The van der Waals surface area contributed by atoms with Crippen LogP contribution in [-0.2, 0) is 16.1 Å². The summed E-state index contributed by atoms with van der Waals surface area (Å²) in [6.07, 6.45) is -0.509. The van der Waals surface area contributed by atoms with Crippen LogP contribution in [0.4, 0.5) is 4.79 Å². The summed E-state index contributed by atoms with van der Waals surface area (Å²) < 4.78 is 5.39. The lowest BCUT2D eigenvalue weighted by Crippen LogP contribution is -2.52. The van der Waals surface area contributed by atoms with E-state index in [9.17, 15) is 19.2 Å². The highest BCUT2D eigenvalue weighted by molar-refractivity contribution is 6.21. The van der Waals surface area contributed by atoms with Gasteiger partial charge in [0.25, 0.3) is 11.8 Å². The predicted molar refractivity (Wildman–Crippen MR) is 108 cm³/mol. The molecule has 2 aromatic carbocycles. The molecular weight excluding hydrogens is 384 g/mol. The topological polar surface area (TPSA) is 84.0 Å². The van der Waals surface area contributed by atoms with Crippen molar-refractivity contribution in [3.8, 4) is 0 Å². The lowest BCUT2D eigenvalue weighted by atomic mass is 9.88. The first kappa shape index (κ1) is 19.8. The molecule has 4 rings (SSSR count). The van der Waals surface area contributed by atoms with E-state index in [0.29, 0.717) is 11.1 Å². The van der Waals surface area contributed by atoms with Gasteiger partial charge in [-0.1, -0.05) is 49.4 Å². The van der Waals surface area contributed by atoms with Crippen LogP contribution < -0.4 is 0 Å². The molecule has 7 nitrogen and oxygen atoms in total. The molecule has 154 valence electrons. The first-order valence-electron chi connectivity index (χ1n) is 9.90. The highest BCUT2D eigenvalue weighted by Gasteiger charge is 2.41. The third-order valence-electron chi connectivity index (χ3n) is 5.57. The second-order valence-electron chi connectivity index (χ2n) is 7.71. The number of amides is 3. The van der Waals surface area contributed by atoms with Crippen molar-refractivity contribution in [3.05, 3.63) is 71.3 Å². The van der Waals surface area contributed by atoms with Crippen LogP contribution in [0.2, 0.25) is 0 Å². The Balaban J connectivity index is 1.43. The van der Waals surface area contributed by atoms with Crippen molar-refractivity contribution in [1.82, 2.24) is 9.80 Å². The fourth-order valence-corrected chi connectivity index (χ4v) is 3.99. The van der Waals surface area contributed by atoms with E-state index in [1.54, 1.807) is 31.2 Å². The minimum atomic E-state index is -0.639. The highest BCUT2D eigenvalue weighted by Crippen LogP contribution is 2.26. The molecular formula is C23H22N2O5. The Hall–Kier alpha value is -3.48. The average Bonchev–Trinajstić information content (AvgIpc) is 3.00. The number of ketones is 1. The number of Topliss-reactive ketones (excluding diaryl/α,β-unsaturated/α-hetero) is 1. The summed E-state index contributed by atoms with van der Waals surface area (Å²) >= 11 is 0. The quantitative estimate of drug-likeness (QED) is 0.729. The van der Waals surface area contributed by atoms with Crippen LogP contribution in [0.5, 0.6) is 0 Å². The number of likely N-dealkylation sites (tertiary alicyclic amines) is 1. The van der Waals surface area contributed by atoms with Gasteiger partial charge in [-0.2, -0.15) is 0 Å². The molecule has 2 heterocycles. The van der Waals surface area contributed by atoms with Gasteiger partial charge in [0.15, 0.2) is 0 Å². The maximum Gasteiger partial charge on any atom is 0.410 e. The molecule has 0 aromatic heterocycles. The van der Waals surface area contributed by atoms with Gasteiger partial charge in [0.1, 0.15) is 12.4 Å². The van der Waals surface area contributed by atoms with Crippen molar-refractivity contribution in [1.29, 1.82) is 0 Å². The summed E-state index contributed by atoms with van der Waals surface area (Å²) in [5.41, 5.74) is 1.56. The fraction of sp³-hybridized carbons (Fsp3) is 0.304. The fourth-order valence-electron chi connectivity index (χ4n) is 3.99. The van der Waals surface area contributed by atoms with Crippen LogP contribution in [0, 0.1) is 11.8 Å². The monoisotopic (exact) mass is 406 g/mol. The van der Waals surface area contributed by atoms with E-state index in [4.69, 9.17) is 4.74 Å². The van der Waals surface area contributed by atoms with Crippen molar-refractivity contribution in [2.45, 2.75) is 13.5 Å². The Labute approximate surface area is 174 Å². The van der Waals surface area contributed by atoms with E-state index in [2.05, 4.69) is 0 Å². The number of benzene rings is 2. The number of imide groups is 1. The van der Waals surface area contributed by atoms with Crippen LogP contribution in [0.3, 0.4) is 0 Å². The highest BCUT2D eigenvalue weighted by atomic mass is 16.6. The van der Waals surface area contributed by atoms with E-state index < -0.39 is 29.7 Å². The molecule has 7 heteroatoms. The average molecular weight is 406 g/mol. The first-order valence-corrected chi connectivity index (χ1v) is 9.90. The number of nitrogens with zero attached hydrogens (tertiary/aromatic N) is 2. The molecule has 1 saturated heterocycles. The maximum absolute atomic E-state index is 12.7. The molecule has 2 aromatic rings. The van der Waals surface area contributed by atoms with E-state index in [0.717, 1.165) is 10.5 Å². The summed E-state index contributed by atoms with van der Waals surface area (Å²) in [5, 5.41) is 0. The standard InChI is InChI=1S/C23H22N2O5/c1-15-11-24(23(29)30-14-16-7-3-2-4-8-16)12-17(20(15)26)13-25-21(27)18-9-5-6-10-19(18)22(25)28/h2-10,15,17H,11-14H2,1H3. The van der Waals surface area contributed by atoms with Gasteiger partial charge in [-0.25, -0.2) is 4.79 Å². The van der Waals surface area contributed by atoms with Crippen molar-refractivity contribution in [2.75, 3.05) is 19.6 Å². The summed E-state index contributed by atoms with van der Waals surface area (Å²) in [5.74, 6) is -1.90. The molecule has 2 unspecified atom stereocenters. The molecule has 2 aliphatic rings. The predicted octanol–water partition coefficient (Wildman–Crippen LogP) is 2.76. The molecule has 0 radical (unpaired) electrons. The van der Waals surface area contributed by atoms with Gasteiger partial charge in [-0.3, -0.25) is 19.3 Å². The zero-order valence-corrected chi connectivity index (χ0v) is 16.6. The lowest BCUT2D eigenvalue weighted by Gasteiger charge is -2.35. The Morgan fingerprint density at radius 1 is 0.933 bits per heavy atom. The smallest absolute Gasteiger partial charge is 0.410 e. The molecule has 0 N–H and O–H groups in total. The van der Waals surface area contributed by atoms with E-state index in [1.807, 2.05) is 30.3 Å². The number of carbonyl (C=O) groups is 4. The van der Waals surface area contributed by atoms with Crippen molar-refractivity contribution < 1.29 is 23.9 Å². The number of rotatable bonds is 4. The molecule has 0 bridgehead atoms. The van der Waals surface area contributed by atoms with Crippen LogP contribution in [0.25, 0.3) is 0 Å². The number of hydrogen-bond acceptors (Lipinski definition) is 5. The van der Waals surface area contributed by atoms with Crippen molar-refractivity contribution >= 4 is 23.7 Å². The third kappa shape index (κ3) is 3.70. The van der Waals surface area contributed by atoms with Crippen molar-refractivity contribution in [3.63, 3.8) is 0 Å². The second-order valence-corrected chi connectivity index (χ2v) is 7.71. The van der Waals surface area contributed by atoms with Gasteiger partial charge >= 0.3 is 6.09 Å². The maximum atomic E-state index is 12.7. The molecule has 1 fully saturated rings. The molecule has 0 saturated carbocycles. The Kier molecular flexibility index (Phi) is 5.35. The largest absolute Gasteiger partial charge is 0.445 e. The Bertz CT molecular complexity index is 969. The van der Waals surface area contributed by atoms with E-state index in [-0.39, 0.29) is 32.0 Å². The zero-order chi connectivity index (χ0) is 21.3. The molecule has 3 amide bonds. The van der Waals surface area contributed by atoms with Gasteiger partial charge in [0.05, 0.1) is 17.0 Å². The number of hydrogen-bond donors (Lipinski definition) is 0. The molecule has 30 heavy (non-hydrogen) atoms. The summed E-state index contributed by atoms with van der Waals surface area (Å²) in [6, 6.07) is 15.9. The van der Waals surface area contributed by atoms with Crippen LogP contribution in [0.1, 0.15) is 33.2 Å². The van der Waals surface area contributed by atoms with Crippen molar-refractivity contribution in [2.24, 2.45) is 11.8 Å². The molecule has 0 spiro atoms. The Morgan fingerprint density at radius 3 is 2.17 bits per heavy atom. The third-order valence-corrected chi connectivity index (χ3v) is 5.57. The SMILES string of the molecule is CC1CN(C(=O)OCc2ccccc2)CC(CN2C(=O)c3ccccc3C2=O)C1=O. The normalized spacial score (nSPS) is 21.0. The van der Waals surface area contributed by atoms with Crippen LogP contribution in [-0.4, -0.2) is 53.1 Å². The van der Waals surface area contributed by atoms with Crippen LogP contribution in [0.15, 0.2) is 54.6 Å². The summed E-state index contributed by atoms with van der Waals surface area (Å²) in [6.45, 7) is 2.21. The van der Waals surface area contributed by atoms with E-state index in [1.165, 1.54) is 4.90 Å². The zero-order valence-electron chi connectivity index (χ0n) is 16.6. The van der Waals surface area contributed by atoms with Crippen LogP contribution >= 0.6 is 0 Å². The number of piperidine rings is 1. The Morgan fingerprint density at radius 2 is 1.53 bits per heavy atom. The number of ether oxygens (including phenoxy) is 1. The first-order chi connectivity index (χ1) is 14.5. The summed E-state index contributed by atoms with van der Waals surface area (Å²) in [4.78, 5) is 53.1. The van der Waals surface area contributed by atoms with Gasteiger partial charge in [0, 0.05) is 25.6 Å². The lowest BCUT2D eigenvalue weighted by molar-refractivity contribution is -0.130. The molecule has 2 atom stereocenters. The minimum absolute atomic E-state index is 0.0437. The summed E-state index contributed by atoms with van der Waals surface area (Å²) in [7, 11) is 0.